The summed E-state index contributed by atoms with van der Waals surface area (Å²) in [4.78, 5) is 13.0. The summed E-state index contributed by atoms with van der Waals surface area (Å²) in [5.74, 6) is -3.55. The van der Waals surface area contributed by atoms with Crippen LogP contribution in [0, 0.1) is 11.6 Å². The van der Waals surface area contributed by atoms with Crippen molar-refractivity contribution in [2.45, 2.75) is 19.4 Å². The Morgan fingerprint density at radius 2 is 2.06 bits per heavy atom. The van der Waals surface area contributed by atoms with Crippen LogP contribution in [-0.4, -0.2) is 40.7 Å². The van der Waals surface area contributed by atoms with E-state index in [2.05, 4.69) is 0 Å². The molecule has 0 bridgehead atoms. The molecule has 1 atom stereocenters. The van der Waals surface area contributed by atoms with E-state index in [0.29, 0.717) is 18.6 Å². The van der Waals surface area contributed by atoms with Gasteiger partial charge in [-0.15, -0.1) is 0 Å². The number of carbonyl (C=O) groups is 1. The molecule has 1 amide bonds. The third-order valence-electron chi connectivity index (χ3n) is 2.48. The molecule has 0 heterocycles. The van der Waals surface area contributed by atoms with Gasteiger partial charge in [-0.25, -0.2) is 8.78 Å². The average Bonchev–Trinajstić information content (AvgIpc) is 2.24. The van der Waals surface area contributed by atoms with Gasteiger partial charge >= 0.3 is 0 Å². The second-order valence-corrected chi connectivity index (χ2v) is 4.15. The van der Waals surface area contributed by atoms with E-state index >= 15 is 0 Å². The molecule has 2 N–H and O–H groups in total. The highest BCUT2D eigenvalue weighted by Crippen LogP contribution is 2.23. The first-order valence-corrected chi connectivity index (χ1v) is 5.44. The molecule has 0 radical (unpaired) electrons. The molecule has 4 nitrogen and oxygen atoms in total. The Morgan fingerprint density at radius 1 is 1.44 bits per heavy atom. The van der Waals surface area contributed by atoms with Crippen molar-refractivity contribution in [3.63, 3.8) is 0 Å². The minimum absolute atomic E-state index is 0.201. The van der Waals surface area contributed by atoms with Gasteiger partial charge in [0.1, 0.15) is 22.9 Å². The minimum atomic E-state index is -1.11. The van der Waals surface area contributed by atoms with Crippen molar-refractivity contribution in [3.8, 4) is 5.75 Å². The van der Waals surface area contributed by atoms with Crippen LogP contribution < -0.4 is 0 Å². The maximum absolute atomic E-state index is 13.4. The van der Waals surface area contributed by atoms with E-state index in [-0.39, 0.29) is 6.54 Å². The number of amides is 1. The molecule has 1 unspecified atom stereocenters. The Bertz CT molecular complexity index is 426. The maximum Gasteiger partial charge on any atom is 0.260 e. The molecular formula is C12H15F2NO3. The lowest BCUT2D eigenvalue weighted by atomic mass is 10.1. The zero-order chi connectivity index (χ0) is 13.9. The fourth-order valence-corrected chi connectivity index (χ4v) is 1.44. The molecule has 1 aromatic carbocycles. The number of rotatable bonds is 4. The monoisotopic (exact) mass is 259 g/mol. The van der Waals surface area contributed by atoms with Crippen molar-refractivity contribution in [1.82, 2.24) is 4.90 Å². The van der Waals surface area contributed by atoms with Gasteiger partial charge in [-0.2, -0.15) is 0 Å². The molecular weight excluding hydrogens is 244 g/mol. The van der Waals surface area contributed by atoms with Gasteiger partial charge in [0.2, 0.25) is 0 Å². The van der Waals surface area contributed by atoms with Crippen molar-refractivity contribution in [1.29, 1.82) is 0 Å². The highest BCUT2D eigenvalue weighted by molar-refractivity contribution is 5.96. The van der Waals surface area contributed by atoms with Crippen LogP contribution in [0.25, 0.3) is 0 Å². The molecule has 0 saturated heterocycles. The van der Waals surface area contributed by atoms with Crippen molar-refractivity contribution in [2.75, 3.05) is 13.6 Å². The van der Waals surface area contributed by atoms with E-state index in [0.717, 1.165) is 4.90 Å². The van der Waals surface area contributed by atoms with E-state index in [1.165, 1.54) is 7.05 Å². The summed E-state index contributed by atoms with van der Waals surface area (Å²) in [5.41, 5.74) is -0.565. The Balaban J connectivity index is 2.90. The van der Waals surface area contributed by atoms with Crippen LogP contribution in [0.15, 0.2) is 12.1 Å². The largest absolute Gasteiger partial charge is 0.507 e. The summed E-state index contributed by atoms with van der Waals surface area (Å²) < 4.78 is 26.2. The molecule has 1 rings (SSSR count). The number of hydrogen-bond donors (Lipinski definition) is 2. The summed E-state index contributed by atoms with van der Waals surface area (Å²) in [5, 5.41) is 18.5. The molecule has 6 heteroatoms. The predicted molar refractivity (Wildman–Crippen MR) is 61.3 cm³/mol. The first-order chi connectivity index (χ1) is 8.32. The lowest BCUT2D eigenvalue weighted by molar-refractivity contribution is 0.0761. The Hall–Kier alpha value is -1.69. The van der Waals surface area contributed by atoms with Gasteiger partial charge in [-0.1, -0.05) is 0 Å². The quantitative estimate of drug-likeness (QED) is 0.861. The number of aliphatic hydroxyl groups excluding tert-OH is 1. The number of phenols is 1. The maximum atomic E-state index is 13.4. The second kappa shape index (κ2) is 5.77. The number of hydrogen-bond acceptors (Lipinski definition) is 3. The number of halogens is 2. The van der Waals surface area contributed by atoms with Crippen molar-refractivity contribution < 1.29 is 23.8 Å². The predicted octanol–water partition coefficient (Wildman–Crippen LogP) is 1.51. The zero-order valence-corrected chi connectivity index (χ0v) is 10.2. The molecule has 0 aliphatic rings. The molecule has 18 heavy (non-hydrogen) atoms. The number of aromatic hydroxyl groups is 1. The topological polar surface area (TPSA) is 60.8 Å². The molecule has 0 saturated carbocycles. The van der Waals surface area contributed by atoms with Gasteiger partial charge in [0.25, 0.3) is 5.91 Å². The van der Waals surface area contributed by atoms with Gasteiger partial charge in [0.05, 0.1) is 6.10 Å². The smallest absolute Gasteiger partial charge is 0.260 e. The molecule has 1 aromatic rings. The third-order valence-corrected chi connectivity index (χ3v) is 2.48. The van der Waals surface area contributed by atoms with Crippen molar-refractivity contribution >= 4 is 5.91 Å². The molecule has 0 fully saturated rings. The SMILES string of the molecule is CC(O)CCN(C)C(=O)c1c(O)cc(F)cc1F. The molecule has 0 aromatic heterocycles. The summed E-state index contributed by atoms with van der Waals surface area (Å²) in [6.45, 7) is 1.76. The lowest BCUT2D eigenvalue weighted by Crippen LogP contribution is -2.30. The average molecular weight is 259 g/mol. The van der Waals surface area contributed by atoms with Gasteiger partial charge in [-0.05, 0) is 13.3 Å². The summed E-state index contributed by atoms with van der Waals surface area (Å²) >= 11 is 0. The first-order valence-electron chi connectivity index (χ1n) is 5.44. The Morgan fingerprint density at radius 3 is 2.56 bits per heavy atom. The lowest BCUT2D eigenvalue weighted by Gasteiger charge is -2.18. The standard InChI is InChI=1S/C12H15F2NO3/c1-7(16)3-4-15(2)12(18)11-9(14)5-8(13)6-10(11)17/h5-7,16-17H,3-4H2,1-2H3. The number of nitrogens with zero attached hydrogens (tertiary/aromatic N) is 1. The van der Waals surface area contributed by atoms with Crippen LogP contribution >= 0.6 is 0 Å². The van der Waals surface area contributed by atoms with Gasteiger partial charge in [-0.3, -0.25) is 4.79 Å². The molecule has 100 valence electrons. The molecule has 0 aliphatic heterocycles. The van der Waals surface area contributed by atoms with Crippen molar-refractivity contribution in [2.24, 2.45) is 0 Å². The Kier molecular flexibility index (Phi) is 4.61. The number of aliphatic hydroxyl groups is 1. The highest BCUT2D eigenvalue weighted by atomic mass is 19.1. The number of carbonyl (C=O) groups excluding carboxylic acids is 1. The van der Waals surface area contributed by atoms with Crippen LogP contribution in [-0.2, 0) is 0 Å². The summed E-state index contributed by atoms with van der Waals surface area (Å²) in [6.07, 6.45) is -0.266. The van der Waals surface area contributed by atoms with Crippen LogP contribution in [0.3, 0.4) is 0 Å². The van der Waals surface area contributed by atoms with E-state index in [4.69, 9.17) is 5.11 Å². The van der Waals surface area contributed by atoms with E-state index in [1.807, 2.05) is 0 Å². The van der Waals surface area contributed by atoms with Crippen molar-refractivity contribution in [3.05, 3.63) is 29.3 Å². The van der Waals surface area contributed by atoms with Crippen LogP contribution in [0.1, 0.15) is 23.7 Å². The summed E-state index contributed by atoms with van der Waals surface area (Å²) in [6, 6.07) is 1.22. The molecule has 0 spiro atoms. The molecule has 0 aliphatic carbocycles. The van der Waals surface area contributed by atoms with Crippen LogP contribution in [0.4, 0.5) is 8.78 Å². The van der Waals surface area contributed by atoms with Gasteiger partial charge in [0.15, 0.2) is 0 Å². The first kappa shape index (κ1) is 14.4. The van der Waals surface area contributed by atoms with Crippen LogP contribution in [0.2, 0.25) is 0 Å². The van der Waals surface area contributed by atoms with E-state index in [1.54, 1.807) is 6.92 Å². The third kappa shape index (κ3) is 3.40. The van der Waals surface area contributed by atoms with E-state index < -0.39 is 35.0 Å². The summed E-state index contributed by atoms with van der Waals surface area (Å²) in [7, 11) is 1.41. The van der Waals surface area contributed by atoms with Gasteiger partial charge < -0.3 is 15.1 Å². The zero-order valence-electron chi connectivity index (χ0n) is 10.2. The van der Waals surface area contributed by atoms with E-state index in [9.17, 15) is 18.7 Å². The number of phenolic OH excluding ortho intramolecular Hbond substituents is 1. The Labute approximate surface area is 103 Å². The second-order valence-electron chi connectivity index (χ2n) is 4.15. The normalized spacial score (nSPS) is 12.3. The van der Waals surface area contributed by atoms with Gasteiger partial charge in [0, 0.05) is 25.7 Å². The fraction of sp³-hybridized carbons (Fsp3) is 0.417. The highest BCUT2D eigenvalue weighted by Gasteiger charge is 2.21. The number of benzene rings is 1. The fourth-order valence-electron chi connectivity index (χ4n) is 1.44. The minimum Gasteiger partial charge on any atom is -0.507 e. The van der Waals surface area contributed by atoms with Crippen LogP contribution in [0.5, 0.6) is 5.75 Å².